The Hall–Kier alpha value is -1.64. The van der Waals surface area contributed by atoms with Crippen molar-refractivity contribution >= 4 is 11.7 Å². The molecule has 0 unspecified atom stereocenters. The van der Waals surface area contributed by atoms with Crippen LogP contribution in [0.4, 0.5) is 0 Å². The minimum atomic E-state index is 0.0636. The van der Waals surface area contributed by atoms with Gasteiger partial charge >= 0.3 is 0 Å². The molecule has 0 heterocycles. The number of carbonyl (C=O) groups is 2. The Morgan fingerprint density at radius 2 is 1.71 bits per heavy atom. The van der Waals surface area contributed by atoms with E-state index in [1.54, 1.807) is 0 Å². The van der Waals surface area contributed by atoms with Gasteiger partial charge in [-0.05, 0) is 104 Å². The molecule has 1 aromatic carbocycles. The maximum absolute atomic E-state index is 12.8. The topological polar surface area (TPSA) is 46.2 Å². The molecule has 0 radical (unpaired) electrons. The van der Waals surface area contributed by atoms with Gasteiger partial charge in [-0.25, -0.2) is 0 Å². The van der Waals surface area contributed by atoms with Gasteiger partial charge in [0.1, 0.15) is 5.78 Å². The average Bonchev–Trinajstić information content (AvgIpc) is 3.12. The lowest BCUT2D eigenvalue weighted by Crippen LogP contribution is -2.55. The molecule has 1 N–H and O–H groups in total. The standard InChI is InChI=1S/C28H39NO2/c1-18(29-26(31)19-7-5-4-6-8-19)23-11-12-24-22-10-9-20-17-21(30)13-15-27(20,2)25(22)14-16-28(23,24)3/h4-8,18,20,22-25H,9-17H2,1-3H3,(H,29,31)/t18-,20-,22-,23+,24-,25-,27-,28+/m0/s1. The van der Waals surface area contributed by atoms with Crippen LogP contribution in [-0.4, -0.2) is 17.7 Å². The van der Waals surface area contributed by atoms with Gasteiger partial charge in [-0.3, -0.25) is 9.59 Å². The van der Waals surface area contributed by atoms with E-state index < -0.39 is 0 Å². The molecule has 4 fully saturated rings. The fraction of sp³-hybridized carbons (Fsp3) is 0.714. The fourth-order valence-electron chi connectivity index (χ4n) is 8.89. The van der Waals surface area contributed by atoms with Crippen molar-refractivity contribution in [1.82, 2.24) is 5.32 Å². The number of benzene rings is 1. The van der Waals surface area contributed by atoms with Crippen LogP contribution in [0, 0.1) is 40.4 Å². The number of ketones is 1. The fourth-order valence-corrected chi connectivity index (χ4v) is 8.89. The minimum Gasteiger partial charge on any atom is -0.349 e. The number of rotatable bonds is 3. The van der Waals surface area contributed by atoms with Crippen molar-refractivity contribution in [2.75, 3.05) is 0 Å². The molecule has 0 aromatic heterocycles. The second kappa shape index (κ2) is 7.74. The maximum Gasteiger partial charge on any atom is 0.251 e. The lowest BCUT2D eigenvalue weighted by atomic mass is 9.44. The molecule has 8 atom stereocenters. The van der Waals surface area contributed by atoms with Crippen LogP contribution in [-0.2, 0) is 4.79 Å². The van der Waals surface area contributed by atoms with E-state index >= 15 is 0 Å². The predicted molar refractivity (Wildman–Crippen MR) is 124 cm³/mol. The summed E-state index contributed by atoms with van der Waals surface area (Å²) in [5.41, 5.74) is 1.47. The van der Waals surface area contributed by atoms with Gasteiger partial charge < -0.3 is 5.32 Å². The first-order valence-electron chi connectivity index (χ1n) is 12.7. The third-order valence-electron chi connectivity index (χ3n) is 10.6. The van der Waals surface area contributed by atoms with E-state index in [0.717, 1.165) is 42.6 Å². The highest BCUT2D eigenvalue weighted by Crippen LogP contribution is 2.67. The van der Waals surface area contributed by atoms with Gasteiger partial charge in [-0.1, -0.05) is 32.0 Å². The van der Waals surface area contributed by atoms with Crippen LogP contribution >= 0.6 is 0 Å². The Balaban J connectivity index is 1.32. The van der Waals surface area contributed by atoms with Crippen LogP contribution in [0.5, 0.6) is 0 Å². The lowest BCUT2D eigenvalue weighted by molar-refractivity contribution is -0.139. The monoisotopic (exact) mass is 421 g/mol. The van der Waals surface area contributed by atoms with Crippen LogP contribution in [0.1, 0.15) is 88.9 Å². The number of Topliss-reactive ketones (excluding diaryl/α,β-unsaturated/α-hetero) is 1. The zero-order valence-corrected chi connectivity index (χ0v) is 19.5. The van der Waals surface area contributed by atoms with Crippen LogP contribution in [0.25, 0.3) is 0 Å². The van der Waals surface area contributed by atoms with Crippen molar-refractivity contribution in [1.29, 1.82) is 0 Å². The summed E-state index contributed by atoms with van der Waals surface area (Å²) in [5.74, 6) is 4.15. The highest BCUT2D eigenvalue weighted by molar-refractivity contribution is 5.94. The molecule has 4 saturated carbocycles. The summed E-state index contributed by atoms with van der Waals surface area (Å²) in [7, 11) is 0. The van der Waals surface area contributed by atoms with Crippen molar-refractivity contribution in [3.8, 4) is 0 Å². The smallest absolute Gasteiger partial charge is 0.251 e. The number of amides is 1. The molecule has 168 valence electrons. The van der Waals surface area contributed by atoms with E-state index in [1.807, 2.05) is 30.3 Å². The number of fused-ring (bicyclic) bond motifs is 5. The molecule has 4 aliphatic rings. The van der Waals surface area contributed by atoms with Crippen LogP contribution in [0.15, 0.2) is 30.3 Å². The van der Waals surface area contributed by atoms with Crippen molar-refractivity contribution in [2.45, 2.75) is 84.6 Å². The van der Waals surface area contributed by atoms with E-state index in [-0.39, 0.29) is 11.9 Å². The number of nitrogens with one attached hydrogen (secondary N) is 1. The second-order valence-corrected chi connectivity index (χ2v) is 11.8. The minimum absolute atomic E-state index is 0.0636. The Kier molecular flexibility index (Phi) is 5.30. The molecule has 4 aliphatic carbocycles. The summed E-state index contributed by atoms with van der Waals surface area (Å²) >= 11 is 0. The van der Waals surface area contributed by atoms with E-state index in [1.165, 1.54) is 38.5 Å². The molecule has 5 rings (SSSR count). The SMILES string of the molecule is C[C@H](NC(=O)c1ccccc1)[C@H]1CC[C@H]2[C@@H]3CC[C@H]4CC(=O)CC[C@]4(C)[C@H]3CC[C@]12C. The summed E-state index contributed by atoms with van der Waals surface area (Å²) in [6, 6.07) is 9.84. The Bertz CT molecular complexity index is 850. The van der Waals surface area contributed by atoms with Gasteiger partial charge in [0, 0.05) is 24.4 Å². The normalized spacial score (nSPS) is 42.8. The van der Waals surface area contributed by atoms with Crippen molar-refractivity contribution in [3.05, 3.63) is 35.9 Å². The summed E-state index contributed by atoms with van der Waals surface area (Å²) in [6.07, 6.45) is 10.5. The van der Waals surface area contributed by atoms with Gasteiger partial charge in [0.15, 0.2) is 0 Å². The zero-order valence-electron chi connectivity index (χ0n) is 19.5. The highest BCUT2D eigenvalue weighted by atomic mass is 16.1. The Morgan fingerprint density at radius 1 is 0.968 bits per heavy atom. The number of hydrogen-bond acceptors (Lipinski definition) is 2. The summed E-state index contributed by atoms with van der Waals surface area (Å²) in [6.45, 7) is 7.30. The van der Waals surface area contributed by atoms with E-state index in [4.69, 9.17) is 0 Å². The van der Waals surface area contributed by atoms with E-state index in [2.05, 4.69) is 26.1 Å². The van der Waals surface area contributed by atoms with Crippen molar-refractivity contribution in [3.63, 3.8) is 0 Å². The molecule has 3 heteroatoms. The van der Waals surface area contributed by atoms with Crippen molar-refractivity contribution < 1.29 is 9.59 Å². The maximum atomic E-state index is 12.8. The first-order valence-corrected chi connectivity index (χ1v) is 12.7. The Morgan fingerprint density at radius 3 is 2.48 bits per heavy atom. The quantitative estimate of drug-likeness (QED) is 0.647. The van der Waals surface area contributed by atoms with Crippen LogP contribution in [0.3, 0.4) is 0 Å². The van der Waals surface area contributed by atoms with Gasteiger partial charge in [-0.15, -0.1) is 0 Å². The molecular formula is C28H39NO2. The van der Waals surface area contributed by atoms with Crippen LogP contribution < -0.4 is 5.32 Å². The van der Waals surface area contributed by atoms with Crippen LogP contribution in [0.2, 0.25) is 0 Å². The zero-order chi connectivity index (χ0) is 21.8. The van der Waals surface area contributed by atoms with Crippen molar-refractivity contribution in [2.24, 2.45) is 40.4 Å². The molecule has 0 aliphatic heterocycles. The van der Waals surface area contributed by atoms with E-state index in [9.17, 15) is 9.59 Å². The number of hydrogen-bond donors (Lipinski definition) is 1. The first-order chi connectivity index (χ1) is 14.8. The molecular weight excluding hydrogens is 382 g/mol. The molecule has 31 heavy (non-hydrogen) atoms. The molecule has 3 nitrogen and oxygen atoms in total. The van der Waals surface area contributed by atoms with Gasteiger partial charge in [-0.2, -0.15) is 0 Å². The predicted octanol–water partition coefficient (Wildman–Crippen LogP) is 6.03. The Labute approximate surface area is 187 Å². The summed E-state index contributed by atoms with van der Waals surface area (Å²) in [4.78, 5) is 24.9. The molecule has 0 spiro atoms. The number of carbonyl (C=O) groups excluding carboxylic acids is 2. The lowest BCUT2D eigenvalue weighted by Gasteiger charge is -2.60. The summed E-state index contributed by atoms with van der Waals surface area (Å²) in [5, 5.41) is 3.35. The molecule has 1 aromatic rings. The summed E-state index contributed by atoms with van der Waals surface area (Å²) < 4.78 is 0. The molecule has 0 bridgehead atoms. The second-order valence-electron chi connectivity index (χ2n) is 11.8. The highest BCUT2D eigenvalue weighted by Gasteiger charge is 2.60. The van der Waals surface area contributed by atoms with Gasteiger partial charge in [0.25, 0.3) is 5.91 Å². The first kappa shape index (κ1) is 21.2. The average molecular weight is 422 g/mol. The van der Waals surface area contributed by atoms with E-state index in [0.29, 0.717) is 28.4 Å². The molecule has 1 amide bonds. The van der Waals surface area contributed by atoms with Gasteiger partial charge in [0.05, 0.1) is 0 Å². The third kappa shape index (κ3) is 3.38. The van der Waals surface area contributed by atoms with Gasteiger partial charge in [0.2, 0.25) is 0 Å². The third-order valence-corrected chi connectivity index (χ3v) is 10.6. The largest absolute Gasteiger partial charge is 0.349 e. The molecule has 0 saturated heterocycles.